The Morgan fingerprint density at radius 3 is 2.78 bits per heavy atom. The van der Waals surface area contributed by atoms with Gasteiger partial charge in [0.1, 0.15) is 5.75 Å². The minimum absolute atomic E-state index is 0.0888. The predicted molar refractivity (Wildman–Crippen MR) is 92.9 cm³/mol. The van der Waals surface area contributed by atoms with Gasteiger partial charge in [-0.15, -0.1) is 0 Å². The Labute approximate surface area is 140 Å². The molecule has 4 rings (SSSR count). The summed E-state index contributed by atoms with van der Waals surface area (Å²) in [4.78, 5) is 0. The maximum atomic E-state index is 10.6. The van der Waals surface area contributed by atoms with Gasteiger partial charge in [-0.2, -0.15) is 0 Å². The minimum Gasteiger partial charge on any atom is -0.497 e. The number of fused-ring (bicyclic) bond motifs is 5. The van der Waals surface area contributed by atoms with E-state index in [2.05, 4.69) is 32.0 Å². The number of hydrogen-bond acceptors (Lipinski definition) is 2. The molecule has 0 heterocycles. The average molecular weight is 314 g/mol. The Morgan fingerprint density at radius 1 is 1.22 bits per heavy atom. The molecule has 2 heteroatoms. The summed E-state index contributed by atoms with van der Waals surface area (Å²) in [6, 6.07) is 6.73. The fourth-order valence-corrected chi connectivity index (χ4v) is 6.60. The zero-order valence-electron chi connectivity index (χ0n) is 14.8. The van der Waals surface area contributed by atoms with Crippen molar-refractivity contribution in [1.82, 2.24) is 0 Å². The van der Waals surface area contributed by atoms with Crippen LogP contribution in [0.2, 0.25) is 0 Å². The van der Waals surface area contributed by atoms with Gasteiger partial charge in [-0.05, 0) is 90.9 Å². The van der Waals surface area contributed by atoms with Gasteiger partial charge in [0.05, 0.1) is 13.2 Å². The lowest BCUT2D eigenvalue weighted by atomic mass is 9.46. The number of aliphatic hydroxyl groups is 1. The monoisotopic (exact) mass is 314 g/mol. The SMILES string of the molecule is CC[C@@]12CCc3cc(OC)ccc3[C@H]1CC[C@@]1(C)[C@H]2CC[C@@H]1O. The zero-order valence-corrected chi connectivity index (χ0v) is 14.8. The summed E-state index contributed by atoms with van der Waals surface area (Å²) in [7, 11) is 1.76. The van der Waals surface area contributed by atoms with E-state index in [-0.39, 0.29) is 11.5 Å². The molecule has 3 aliphatic rings. The highest BCUT2D eigenvalue weighted by Crippen LogP contribution is 2.68. The van der Waals surface area contributed by atoms with Crippen molar-refractivity contribution in [2.45, 2.75) is 70.8 Å². The van der Waals surface area contributed by atoms with E-state index in [4.69, 9.17) is 4.74 Å². The summed E-state index contributed by atoms with van der Waals surface area (Å²) < 4.78 is 5.43. The third-order valence-corrected chi connectivity index (χ3v) is 7.89. The van der Waals surface area contributed by atoms with Crippen molar-refractivity contribution in [3.63, 3.8) is 0 Å². The second-order valence-corrected chi connectivity index (χ2v) is 8.39. The smallest absolute Gasteiger partial charge is 0.119 e. The Hall–Kier alpha value is -1.02. The largest absolute Gasteiger partial charge is 0.497 e. The van der Waals surface area contributed by atoms with Crippen LogP contribution in [0.1, 0.15) is 69.4 Å². The van der Waals surface area contributed by atoms with Crippen LogP contribution in [-0.4, -0.2) is 18.3 Å². The Kier molecular flexibility index (Phi) is 3.53. The van der Waals surface area contributed by atoms with Gasteiger partial charge >= 0.3 is 0 Å². The summed E-state index contributed by atoms with van der Waals surface area (Å²) in [6.45, 7) is 4.75. The standard InChI is InChI=1S/C21H30O2/c1-4-21-12-9-14-13-15(23-3)5-6-16(14)17(21)10-11-20(2)18(21)7-8-19(20)22/h5-6,13,17-19,22H,4,7-12H2,1-3H3/t17-,18-,19+,20+,21-/m1/s1. The van der Waals surface area contributed by atoms with E-state index >= 15 is 0 Å². The fraction of sp³-hybridized carbons (Fsp3) is 0.714. The van der Waals surface area contributed by atoms with Gasteiger partial charge in [0, 0.05) is 0 Å². The summed E-state index contributed by atoms with van der Waals surface area (Å²) in [6.07, 6.45) is 8.23. The molecule has 2 fully saturated rings. The number of aliphatic hydroxyl groups excluding tert-OH is 1. The van der Waals surface area contributed by atoms with E-state index in [1.54, 1.807) is 12.7 Å². The lowest BCUT2D eigenvalue weighted by Crippen LogP contribution is -2.51. The first kappa shape index (κ1) is 15.5. The van der Waals surface area contributed by atoms with Gasteiger partial charge in [-0.3, -0.25) is 0 Å². The highest BCUT2D eigenvalue weighted by Gasteiger charge is 2.60. The molecule has 1 aromatic carbocycles. The van der Waals surface area contributed by atoms with Gasteiger partial charge in [0.15, 0.2) is 0 Å². The quantitative estimate of drug-likeness (QED) is 0.858. The molecule has 0 unspecified atom stereocenters. The minimum atomic E-state index is -0.0888. The molecule has 0 aromatic heterocycles. The molecule has 1 aromatic rings. The lowest BCUT2D eigenvalue weighted by Gasteiger charge is -2.58. The Morgan fingerprint density at radius 2 is 2.04 bits per heavy atom. The molecule has 2 saturated carbocycles. The topological polar surface area (TPSA) is 29.5 Å². The van der Waals surface area contributed by atoms with Crippen LogP contribution >= 0.6 is 0 Å². The molecule has 5 atom stereocenters. The molecule has 0 spiro atoms. The van der Waals surface area contributed by atoms with Gasteiger partial charge in [0.2, 0.25) is 0 Å². The van der Waals surface area contributed by atoms with E-state index < -0.39 is 0 Å². The Balaban J connectivity index is 1.78. The molecular weight excluding hydrogens is 284 g/mol. The molecule has 0 amide bonds. The second-order valence-electron chi connectivity index (χ2n) is 8.39. The van der Waals surface area contributed by atoms with Crippen LogP contribution in [0.25, 0.3) is 0 Å². The molecule has 0 bridgehead atoms. The molecule has 0 aliphatic heterocycles. The highest BCUT2D eigenvalue weighted by molar-refractivity contribution is 5.42. The van der Waals surface area contributed by atoms with Crippen LogP contribution in [0.4, 0.5) is 0 Å². The third-order valence-electron chi connectivity index (χ3n) is 7.89. The van der Waals surface area contributed by atoms with Crippen molar-refractivity contribution in [2.75, 3.05) is 7.11 Å². The first-order chi connectivity index (χ1) is 11.0. The van der Waals surface area contributed by atoms with Gasteiger partial charge < -0.3 is 9.84 Å². The molecule has 23 heavy (non-hydrogen) atoms. The van der Waals surface area contributed by atoms with Crippen molar-refractivity contribution < 1.29 is 9.84 Å². The van der Waals surface area contributed by atoms with Crippen LogP contribution in [0.5, 0.6) is 5.75 Å². The summed E-state index contributed by atoms with van der Waals surface area (Å²) in [5.41, 5.74) is 3.62. The molecule has 3 aliphatic carbocycles. The van der Waals surface area contributed by atoms with E-state index in [1.807, 2.05) is 0 Å². The second kappa shape index (κ2) is 5.24. The molecular formula is C21H30O2. The number of benzene rings is 1. The normalized spacial score (nSPS) is 41.8. The molecule has 1 N–H and O–H groups in total. The Bertz CT molecular complexity index is 610. The molecule has 0 radical (unpaired) electrons. The average Bonchev–Trinajstić information content (AvgIpc) is 2.89. The van der Waals surface area contributed by atoms with Crippen molar-refractivity contribution in [3.05, 3.63) is 29.3 Å². The van der Waals surface area contributed by atoms with Crippen molar-refractivity contribution in [1.29, 1.82) is 0 Å². The zero-order chi connectivity index (χ0) is 16.2. The van der Waals surface area contributed by atoms with E-state index in [0.29, 0.717) is 17.3 Å². The van der Waals surface area contributed by atoms with Gasteiger partial charge in [0.25, 0.3) is 0 Å². The maximum absolute atomic E-state index is 10.6. The first-order valence-corrected chi connectivity index (χ1v) is 9.40. The number of rotatable bonds is 2. The van der Waals surface area contributed by atoms with Crippen LogP contribution < -0.4 is 4.74 Å². The number of aryl methyl sites for hydroxylation is 1. The predicted octanol–water partition coefficient (Wildman–Crippen LogP) is 4.69. The summed E-state index contributed by atoms with van der Waals surface area (Å²) in [5, 5.41) is 10.6. The van der Waals surface area contributed by atoms with Crippen molar-refractivity contribution >= 4 is 0 Å². The van der Waals surface area contributed by atoms with Crippen molar-refractivity contribution in [2.24, 2.45) is 16.7 Å². The van der Waals surface area contributed by atoms with E-state index in [0.717, 1.165) is 12.2 Å². The van der Waals surface area contributed by atoms with Gasteiger partial charge in [-0.1, -0.05) is 19.9 Å². The highest BCUT2D eigenvalue weighted by atomic mass is 16.5. The van der Waals surface area contributed by atoms with E-state index in [1.165, 1.54) is 44.1 Å². The van der Waals surface area contributed by atoms with Crippen molar-refractivity contribution in [3.8, 4) is 5.75 Å². The van der Waals surface area contributed by atoms with Crippen LogP contribution in [0, 0.1) is 16.7 Å². The maximum Gasteiger partial charge on any atom is 0.119 e. The summed E-state index contributed by atoms with van der Waals surface area (Å²) in [5.74, 6) is 2.35. The van der Waals surface area contributed by atoms with Gasteiger partial charge in [-0.25, -0.2) is 0 Å². The van der Waals surface area contributed by atoms with Crippen LogP contribution in [0.3, 0.4) is 0 Å². The van der Waals surface area contributed by atoms with E-state index in [9.17, 15) is 5.11 Å². The number of hydrogen-bond donors (Lipinski definition) is 1. The van der Waals surface area contributed by atoms with Crippen LogP contribution in [-0.2, 0) is 6.42 Å². The number of ether oxygens (including phenoxy) is 1. The third kappa shape index (κ3) is 1.97. The fourth-order valence-electron chi connectivity index (χ4n) is 6.60. The molecule has 126 valence electrons. The van der Waals surface area contributed by atoms with Crippen LogP contribution in [0.15, 0.2) is 18.2 Å². The molecule has 0 saturated heterocycles. The molecule has 2 nitrogen and oxygen atoms in total. The first-order valence-electron chi connectivity index (χ1n) is 9.40. The summed E-state index contributed by atoms with van der Waals surface area (Å²) >= 11 is 0. The lowest BCUT2D eigenvalue weighted by molar-refractivity contribution is -0.0775. The number of methoxy groups -OCH3 is 1.